The normalized spacial score (nSPS) is 15.3. The van der Waals surface area contributed by atoms with Crippen LogP contribution in [0.5, 0.6) is 0 Å². The van der Waals surface area contributed by atoms with E-state index in [-0.39, 0.29) is 23.8 Å². The van der Waals surface area contributed by atoms with Gasteiger partial charge in [-0.1, -0.05) is 6.92 Å². The highest BCUT2D eigenvalue weighted by molar-refractivity contribution is 5.97. The van der Waals surface area contributed by atoms with Crippen molar-refractivity contribution in [2.45, 2.75) is 19.8 Å². The highest BCUT2D eigenvalue weighted by Crippen LogP contribution is 2.17. The molecule has 0 atom stereocenters. The number of hydrogen-bond acceptors (Lipinski definition) is 4. The van der Waals surface area contributed by atoms with Crippen molar-refractivity contribution in [3.63, 3.8) is 0 Å². The van der Waals surface area contributed by atoms with Crippen molar-refractivity contribution in [3.8, 4) is 0 Å². The second-order valence-electron chi connectivity index (χ2n) is 4.88. The van der Waals surface area contributed by atoms with Crippen molar-refractivity contribution >= 4 is 17.6 Å². The number of carbonyl (C=O) groups is 2. The second kappa shape index (κ2) is 7.01. The first-order chi connectivity index (χ1) is 10.1. The van der Waals surface area contributed by atoms with Gasteiger partial charge in [-0.25, -0.2) is 9.37 Å². The summed E-state index contributed by atoms with van der Waals surface area (Å²) in [5.74, 6) is -1.30. The van der Waals surface area contributed by atoms with Gasteiger partial charge in [0.25, 0.3) is 5.91 Å². The Kier molecular flexibility index (Phi) is 5.08. The zero-order valence-electron chi connectivity index (χ0n) is 12.0. The van der Waals surface area contributed by atoms with Gasteiger partial charge in [0.1, 0.15) is 0 Å². The molecule has 1 saturated heterocycles. The van der Waals surface area contributed by atoms with Crippen molar-refractivity contribution in [2.75, 3.05) is 31.5 Å². The maximum Gasteiger partial charge on any atom is 0.257 e. The van der Waals surface area contributed by atoms with Crippen LogP contribution in [-0.2, 0) is 4.79 Å². The summed E-state index contributed by atoms with van der Waals surface area (Å²) in [7, 11) is 0. The van der Waals surface area contributed by atoms with Crippen LogP contribution in [0.15, 0.2) is 12.3 Å². The van der Waals surface area contributed by atoms with Crippen LogP contribution in [-0.4, -0.2) is 47.9 Å². The first-order valence-electron chi connectivity index (χ1n) is 7.07. The zero-order valence-corrected chi connectivity index (χ0v) is 12.0. The number of aromatic nitrogens is 1. The van der Waals surface area contributed by atoms with Crippen molar-refractivity contribution in [3.05, 3.63) is 23.6 Å². The maximum absolute atomic E-state index is 14.3. The summed E-state index contributed by atoms with van der Waals surface area (Å²) >= 11 is 0. The lowest BCUT2D eigenvalue weighted by atomic mass is 10.2. The van der Waals surface area contributed by atoms with Gasteiger partial charge < -0.3 is 15.5 Å². The molecule has 0 spiro atoms. The van der Waals surface area contributed by atoms with Crippen LogP contribution in [0.3, 0.4) is 0 Å². The fraction of sp³-hybridized carbons (Fsp3) is 0.500. The number of anilines is 1. The largest absolute Gasteiger partial charge is 0.368 e. The molecule has 0 bridgehead atoms. The molecule has 0 radical (unpaired) electrons. The third kappa shape index (κ3) is 3.68. The van der Waals surface area contributed by atoms with Crippen LogP contribution >= 0.6 is 0 Å². The summed E-state index contributed by atoms with van der Waals surface area (Å²) < 4.78 is 14.3. The van der Waals surface area contributed by atoms with E-state index in [9.17, 15) is 14.0 Å². The summed E-state index contributed by atoms with van der Waals surface area (Å²) in [4.78, 5) is 29.2. The monoisotopic (exact) mass is 294 g/mol. The van der Waals surface area contributed by atoms with Crippen LogP contribution in [0.25, 0.3) is 0 Å². The molecule has 6 nitrogen and oxygen atoms in total. The Hall–Kier alpha value is -2.18. The Labute approximate surface area is 122 Å². The molecule has 0 saturated carbocycles. The van der Waals surface area contributed by atoms with Gasteiger partial charge in [-0.05, 0) is 18.9 Å². The number of carbonyl (C=O) groups excluding carboxylic acids is 2. The summed E-state index contributed by atoms with van der Waals surface area (Å²) in [5, 5.41) is 5.53. The van der Waals surface area contributed by atoms with E-state index < -0.39 is 11.7 Å². The van der Waals surface area contributed by atoms with Gasteiger partial charge >= 0.3 is 0 Å². The lowest BCUT2D eigenvalue weighted by Crippen LogP contribution is -2.37. The predicted octanol–water partition coefficient (Wildman–Crippen LogP) is 1.00. The van der Waals surface area contributed by atoms with Gasteiger partial charge in [0.2, 0.25) is 5.91 Å². The van der Waals surface area contributed by atoms with Crippen molar-refractivity contribution in [1.29, 1.82) is 0 Å². The molecule has 2 N–H and O–H groups in total. The Morgan fingerprint density at radius 3 is 3.14 bits per heavy atom. The molecule has 7 heteroatoms. The zero-order chi connectivity index (χ0) is 15.2. The number of pyridine rings is 1. The minimum Gasteiger partial charge on any atom is -0.368 e. The van der Waals surface area contributed by atoms with Gasteiger partial charge in [-0.15, -0.1) is 0 Å². The summed E-state index contributed by atoms with van der Waals surface area (Å²) in [6.45, 7) is 3.45. The molecule has 0 aromatic carbocycles. The van der Waals surface area contributed by atoms with Gasteiger partial charge in [0, 0.05) is 25.8 Å². The SMILES string of the molecule is CCCNc1nccc(C(=O)N2CCCNC(=O)C2)c1F. The number of nitrogens with one attached hydrogen (secondary N) is 2. The van der Waals surface area contributed by atoms with E-state index >= 15 is 0 Å². The van der Waals surface area contributed by atoms with Crippen molar-refractivity contribution in [2.24, 2.45) is 0 Å². The average molecular weight is 294 g/mol. The Morgan fingerprint density at radius 1 is 1.57 bits per heavy atom. The smallest absolute Gasteiger partial charge is 0.257 e. The van der Waals surface area contributed by atoms with Crippen molar-refractivity contribution < 1.29 is 14.0 Å². The van der Waals surface area contributed by atoms with Gasteiger partial charge in [0.15, 0.2) is 11.6 Å². The van der Waals surface area contributed by atoms with E-state index in [1.165, 1.54) is 17.2 Å². The van der Waals surface area contributed by atoms with E-state index in [0.29, 0.717) is 26.1 Å². The molecule has 2 rings (SSSR count). The molecule has 1 aromatic heterocycles. The highest BCUT2D eigenvalue weighted by Gasteiger charge is 2.24. The molecule has 1 fully saturated rings. The summed E-state index contributed by atoms with van der Waals surface area (Å²) in [5.41, 5.74) is -0.0571. The lowest BCUT2D eigenvalue weighted by molar-refractivity contribution is -0.121. The molecule has 1 aliphatic rings. The fourth-order valence-corrected chi connectivity index (χ4v) is 2.13. The standard InChI is InChI=1S/C14H19FN4O2/c1-2-5-17-13-12(15)10(4-7-18-13)14(21)19-8-3-6-16-11(20)9-19/h4,7H,2-3,5-6,8-9H2,1H3,(H,16,20)(H,17,18). The van der Waals surface area contributed by atoms with Crippen LogP contribution in [0.4, 0.5) is 10.2 Å². The van der Waals surface area contributed by atoms with E-state index in [0.717, 1.165) is 6.42 Å². The summed E-state index contributed by atoms with van der Waals surface area (Å²) in [6.07, 6.45) is 2.88. The molecule has 1 aromatic rings. The number of hydrogen-bond donors (Lipinski definition) is 2. The molecule has 1 aliphatic heterocycles. The topological polar surface area (TPSA) is 74.3 Å². The van der Waals surface area contributed by atoms with Gasteiger partial charge in [-0.2, -0.15) is 0 Å². The minimum atomic E-state index is -0.666. The fourth-order valence-electron chi connectivity index (χ4n) is 2.13. The van der Waals surface area contributed by atoms with E-state index in [4.69, 9.17) is 0 Å². The third-order valence-electron chi connectivity index (χ3n) is 3.21. The van der Waals surface area contributed by atoms with Crippen LogP contribution in [0.2, 0.25) is 0 Å². The van der Waals surface area contributed by atoms with Crippen LogP contribution < -0.4 is 10.6 Å². The lowest BCUT2D eigenvalue weighted by Gasteiger charge is -2.19. The molecule has 0 aliphatic carbocycles. The number of nitrogens with zero attached hydrogens (tertiary/aromatic N) is 2. The minimum absolute atomic E-state index is 0.0433. The van der Waals surface area contributed by atoms with E-state index in [1.807, 2.05) is 6.92 Å². The quantitative estimate of drug-likeness (QED) is 0.869. The molecule has 21 heavy (non-hydrogen) atoms. The first-order valence-corrected chi connectivity index (χ1v) is 7.07. The molecule has 0 unspecified atom stereocenters. The van der Waals surface area contributed by atoms with Crippen LogP contribution in [0.1, 0.15) is 30.1 Å². The average Bonchev–Trinajstić information content (AvgIpc) is 2.70. The predicted molar refractivity (Wildman–Crippen MR) is 76.5 cm³/mol. The third-order valence-corrected chi connectivity index (χ3v) is 3.21. The number of halogens is 1. The van der Waals surface area contributed by atoms with Gasteiger partial charge in [0.05, 0.1) is 12.1 Å². The molecule has 2 heterocycles. The first kappa shape index (κ1) is 15.2. The second-order valence-corrected chi connectivity index (χ2v) is 4.88. The highest BCUT2D eigenvalue weighted by atomic mass is 19.1. The number of amides is 2. The van der Waals surface area contributed by atoms with Crippen LogP contribution in [0, 0.1) is 5.82 Å². The van der Waals surface area contributed by atoms with Crippen molar-refractivity contribution in [1.82, 2.24) is 15.2 Å². The van der Waals surface area contributed by atoms with E-state index in [1.54, 1.807) is 0 Å². The van der Waals surface area contributed by atoms with Gasteiger partial charge in [-0.3, -0.25) is 9.59 Å². The molecular formula is C14H19FN4O2. The van der Waals surface area contributed by atoms with E-state index in [2.05, 4.69) is 15.6 Å². The molecule has 114 valence electrons. The number of rotatable bonds is 4. The maximum atomic E-state index is 14.3. The summed E-state index contributed by atoms with van der Waals surface area (Å²) in [6, 6.07) is 1.34. The molecular weight excluding hydrogens is 275 g/mol. The Morgan fingerprint density at radius 2 is 2.38 bits per heavy atom. The molecule has 2 amide bonds. The Bertz CT molecular complexity index is 536. The Balaban J connectivity index is 2.20.